The fourth-order valence-corrected chi connectivity index (χ4v) is 6.16. The van der Waals surface area contributed by atoms with Gasteiger partial charge < -0.3 is 28.3 Å². The number of alkyl carbamates (subject to hydrolysis) is 1. The number of carbonyl (C=O) groups excluding carboxylic acids is 1. The molecule has 4 rings (SSSR count). The number of carbonyl (C=O) groups is 1. The van der Waals surface area contributed by atoms with Crippen LogP contribution < -0.4 is 5.32 Å². The Balaban J connectivity index is 1.75. The van der Waals surface area contributed by atoms with Gasteiger partial charge in [0.2, 0.25) is 0 Å². The molecule has 2 aromatic heterocycles. The van der Waals surface area contributed by atoms with Crippen LogP contribution in [0.25, 0.3) is 22.2 Å². The molecule has 3 aromatic rings. The Morgan fingerprint density at radius 1 is 1.17 bits per heavy atom. The summed E-state index contributed by atoms with van der Waals surface area (Å²) < 4.78 is 25.6. The lowest BCUT2D eigenvalue weighted by molar-refractivity contribution is 0.00578. The molecular formula is C31H48N4O5Si. The first-order chi connectivity index (χ1) is 19.0. The number of aromatic nitrogens is 3. The van der Waals surface area contributed by atoms with Crippen LogP contribution in [-0.4, -0.2) is 54.5 Å². The molecule has 2 heterocycles. The third-order valence-corrected chi connectivity index (χ3v) is 13.0. The molecule has 1 fully saturated rings. The number of ether oxygens (including phenoxy) is 2. The molecule has 1 aromatic carbocycles. The number of hydrogen-bond acceptors (Lipinski definition) is 7. The van der Waals surface area contributed by atoms with Gasteiger partial charge in [-0.1, -0.05) is 32.0 Å². The topological polar surface area (TPSA) is 101 Å². The maximum Gasteiger partial charge on any atom is 0.408 e. The van der Waals surface area contributed by atoms with E-state index in [0.717, 1.165) is 52.3 Å². The number of nitrogens with one attached hydrogen (secondary N) is 1. The molecule has 41 heavy (non-hydrogen) atoms. The van der Waals surface area contributed by atoms with E-state index in [9.17, 15) is 4.79 Å². The lowest BCUT2D eigenvalue weighted by atomic mass is 9.88. The third-order valence-electron chi connectivity index (χ3n) is 8.49. The Kier molecular flexibility index (Phi) is 8.79. The molecule has 1 aliphatic carbocycles. The molecule has 226 valence electrons. The molecule has 0 radical (unpaired) electrons. The summed E-state index contributed by atoms with van der Waals surface area (Å²) in [5.74, 6) is 1.58. The van der Waals surface area contributed by atoms with Crippen LogP contribution in [0.2, 0.25) is 18.1 Å². The number of imidazole rings is 1. The minimum atomic E-state index is -1.98. The summed E-state index contributed by atoms with van der Waals surface area (Å²) in [5, 5.41) is 7.36. The van der Waals surface area contributed by atoms with E-state index >= 15 is 0 Å². The van der Waals surface area contributed by atoms with Crippen LogP contribution >= 0.6 is 0 Å². The second kappa shape index (κ2) is 11.5. The summed E-state index contributed by atoms with van der Waals surface area (Å²) in [4.78, 5) is 18.3. The van der Waals surface area contributed by atoms with Crippen LogP contribution in [0.5, 0.6) is 0 Å². The number of benzene rings is 1. The van der Waals surface area contributed by atoms with E-state index < -0.39 is 26.1 Å². The van der Waals surface area contributed by atoms with Crippen molar-refractivity contribution in [2.75, 3.05) is 13.7 Å². The van der Waals surface area contributed by atoms with Crippen molar-refractivity contribution < 1.29 is 23.2 Å². The lowest BCUT2D eigenvalue weighted by Crippen LogP contribution is -2.42. The predicted octanol–water partition coefficient (Wildman–Crippen LogP) is 7.64. The fourth-order valence-electron chi connectivity index (χ4n) is 5.10. The average Bonchev–Trinajstić information content (AvgIpc) is 3.34. The standard InChI is InChI=1S/C31H48N4O5Si/c1-19-27(20(2)40-34-19)21-12-13-26-25(16-21)32-28(35(26)22-17-23(18-22)37-9)24(33-29(36)39-30(3,4)5)14-15-38-41(10,11)31(6,7)8/h12-13,16,22-24H,14-15,17-18H2,1-11H3,(H,33,36)/t22-,23-,24-/m0/s1. The maximum absolute atomic E-state index is 13.1. The highest BCUT2D eigenvalue weighted by atomic mass is 28.4. The highest BCUT2D eigenvalue weighted by Crippen LogP contribution is 2.41. The summed E-state index contributed by atoms with van der Waals surface area (Å²) in [7, 11) is -0.221. The third kappa shape index (κ3) is 6.86. The van der Waals surface area contributed by atoms with Gasteiger partial charge in [0.15, 0.2) is 8.32 Å². The van der Waals surface area contributed by atoms with Crippen LogP contribution in [0.4, 0.5) is 4.79 Å². The quantitative estimate of drug-likeness (QED) is 0.258. The van der Waals surface area contributed by atoms with Crippen LogP contribution in [0.1, 0.15) is 90.2 Å². The Hall–Kier alpha value is -2.69. The molecule has 0 unspecified atom stereocenters. The minimum absolute atomic E-state index is 0.0872. The smallest absolute Gasteiger partial charge is 0.408 e. The highest BCUT2D eigenvalue weighted by molar-refractivity contribution is 6.74. The molecule has 9 nitrogen and oxygen atoms in total. The van der Waals surface area contributed by atoms with Gasteiger partial charge >= 0.3 is 6.09 Å². The van der Waals surface area contributed by atoms with Crippen molar-refractivity contribution in [3.8, 4) is 11.1 Å². The normalized spacial score (nSPS) is 18.8. The number of aryl methyl sites for hydroxylation is 2. The molecule has 1 amide bonds. The highest BCUT2D eigenvalue weighted by Gasteiger charge is 2.38. The summed E-state index contributed by atoms with van der Waals surface area (Å²) in [6.07, 6.45) is 2.10. The minimum Gasteiger partial charge on any atom is -0.444 e. The summed E-state index contributed by atoms with van der Waals surface area (Å²) in [6, 6.07) is 6.12. The summed E-state index contributed by atoms with van der Waals surface area (Å²) in [5.41, 5.74) is 4.10. The molecule has 10 heteroatoms. The van der Waals surface area contributed by atoms with Crippen LogP contribution in [-0.2, 0) is 13.9 Å². The monoisotopic (exact) mass is 584 g/mol. The maximum atomic E-state index is 13.1. The summed E-state index contributed by atoms with van der Waals surface area (Å²) in [6.45, 7) is 21.2. The van der Waals surface area contributed by atoms with Gasteiger partial charge in [-0.15, -0.1) is 0 Å². The van der Waals surface area contributed by atoms with Gasteiger partial charge in [0.25, 0.3) is 0 Å². The lowest BCUT2D eigenvalue weighted by Gasteiger charge is -2.38. The van der Waals surface area contributed by atoms with E-state index in [2.05, 4.69) is 67.1 Å². The van der Waals surface area contributed by atoms with Crippen molar-refractivity contribution in [3.63, 3.8) is 0 Å². The van der Waals surface area contributed by atoms with Gasteiger partial charge in [0.1, 0.15) is 17.2 Å². The van der Waals surface area contributed by atoms with Crippen molar-refractivity contribution in [1.29, 1.82) is 0 Å². The van der Waals surface area contributed by atoms with Crippen molar-refractivity contribution in [2.45, 2.75) is 117 Å². The zero-order valence-corrected chi connectivity index (χ0v) is 27.7. The first kappa shape index (κ1) is 31.2. The van der Waals surface area contributed by atoms with Crippen molar-refractivity contribution >= 4 is 25.4 Å². The van der Waals surface area contributed by atoms with E-state index in [0.29, 0.717) is 13.0 Å². The second-order valence-corrected chi connectivity index (χ2v) is 18.6. The Morgan fingerprint density at radius 2 is 1.85 bits per heavy atom. The van der Waals surface area contributed by atoms with Crippen LogP contribution in [0.3, 0.4) is 0 Å². The van der Waals surface area contributed by atoms with Crippen LogP contribution in [0.15, 0.2) is 22.7 Å². The Morgan fingerprint density at radius 3 is 2.41 bits per heavy atom. The number of hydrogen-bond donors (Lipinski definition) is 1. The molecule has 1 saturated carbocycles. The van der Waals surface area contributed by atoms with E-state index in [4.69, 9.17) is 23.4 Å². The van der Waals surface area contributed by atoms with Gasteiger partial charge in [-0.3, -0.25) is 0 Å². The molecule has 1 atom stereocenters. The van der Waals surface area contributed by atoms with Crippen molar-refractivity contribution in [1.82, 2.24) is 20.0 Å². The second-order valence-electron chi connectivity index (χ2n) is 13.8. The summed E-state index contributed by atoms with van der Waals surface area (Å²) >= 11 is 0. The zero-order valence-electron chi connectivity index (χ0n) is 26.7. The van der Waals surface area contributed by atoms with Gasteiger partial charge in [0, 0.05) is 25.3 Å². The number of amides is 1. The van der Waals surface area contributed by atoms with Crippen molar-refractivity contribution in [2.24, 2.45) is 0 Å². The number of methoxy groups -OCH3 is 1. The molecule has 0 saturated heterocycles. The molecule has 0 spiro atoms. The Bertz CT molecular complexity index is 1360. The predicted molar refractivity (Wildman–Crippen MR) is 164 cm³/mol. The van der Waals surface area contributed by atoms with Gasteiger partial charge in [-0.05, 0) is 89.7 Å². The molecule has 1 aliphatic rings. The van der Waals surface area contributed by atoms with E-state index in [1.165, 1.54) is 0 Å². The van der Waals surface area contributed by atoms with E-state index in [-0.39, 0.29) is 17.2 Å². The van der Waals surface area contributed by atoms with E-state index in [1.54, 1.807) is 7.11 Å². The molecular weight excluding hydrogens is 536 g/mol. The Labute approximate surface area is 245 Å². The number of fused-ring (bicyclic) bond motifs is 1. The first-order valence-electron chi connectivity index (χ1n) is 14.6. The fraction of sp³-hybridized carbons (Fsp3) is 0.645. The zero-order chi connectivity index (χ0) is 30.3. The van der Waals surface area contributed by atoms with Crippen LogP contribution in [0, 0.1) is 13.8 Å². The van der Waals surface area contributed by atoms with Gasteiger partial charge in [-0.2, -0.15) is 0 Å². The van der Waals surface area contributed by atoms with E-state index in [1.807, 2.05) is 34.6 Å². The largest absolute Gasteiger partial charge is 0.444 e. The van der Waals surface area contributed by atoms with Gasteiger partial charge in [-0.25, -0.2) is 9.78 Å². The SMILES string of the molecule is CO[C@H]1C[C@H](n2c([C@H](CCO[Si](C)(C)C(C)(C)C)NC(=O)OC(C)(C)C)nc3cc(-c4c(C)noc4C)ccc32)C1. The average molecular weight is 585 g/mol. The molecule has 0 aliphatic heterocycles. The first-order valence-corrected chi connectivity index (χ1v) is 17.5. The van der Waals surface area contributed by atoms with Gasteiger partial charge in [0.05, 0.1) is 28.9 Å². The van der Waals surface area contributed by atoms with Crippen molar-refractivity contribution in [3.05, 3.63) is 35.5 Å². The molecule has 1 N–H and O–H groups in total. The number of nitrogens with zero attached hydrogens (tertiary/aromatic N) is 3. The molecule has 0 bridgehead atoms. The number of rotatable bonds is 9.